The maximum absolute atomic E-state index is 13.4. The fraction of sp³-hybridized carbons (Fsp3) is 0. The average molecular weight is 851 g/mol. The molecule has 0 saturated heterocycles. The van der Waals surface area contributed by atoms with Gasteiger partial charge in [-0.1, -0.05) is 24.3 Å². The van der Waals surface area contributed by atoms with Crippen LogP contribution in [-0.4, -0.2) is 77.1 Å². The zero-order chi connectivity index (χ0) is 43.4. The quantitative estimate of drug-likeness (QED) is 0.0643. The van der Waals surface area contributed by atoms with Crippen LogP contribution in [0.5, 0.6) is 0 Å². The van der Waals surface area contributed by atoms with Crippen molar-refractivity contribution in [2.75, 3.05) is 21.5 Å². The van der Waals surface area contributed by atoms with E-state index in [0.717, 1.165) is 24.3 Å². The lowest BCUT2D eigenvalue weighted by Crippen LogP contribution is -2.28. The Balaban J connectivity index is 1.18. The van der Waals surface area contributed by atoms with Crippen LogP contribution in [0, 0.1) is 0 Å². The molecule has 6 N–H and O–H groups in total. The second-order valence-corrected chi connectivity index (χ2v) is 15.2. The highest BCUT2D eigenvalue weighted by atomic mass is 32.2. The number of carbonyl (C=O) groups is 5. The van der Waals surface area contributed by atoms with Gasteiger partial charge in [0.25, 0.3) is 0 Å². The van der Waals surface area contributed by atoms with Crippen LogP contribution in [0.4, 0.5) is 27.5 Å². The van der Waals surface area contributed by atoms with Gasteiger partial charge in [0.15, 0.2) is 0 Å². The number of nitrogens with zero attached hydrogens (tertiary/aromatic N) is 2. The maximum atomic E-state index is 13.4. The van der Waals surface area contributed by atoms with Gasteiger partial charge in [-0.3, -0.25) is 20.4 Å². The molecule has 0 aromatic heterocycles. The summed E-state index contributed by atoms with van der Waals surface area (Å²) in [5.74, 6) is -4.15. The molecule has 0 unspecified atom stereocenters. The first-order valence-corrected chi connectivity index (χ1v) is 19.7. The SMILES string of the molecule is O=C(O)/C=C/c1ccc(N/N=C2/C(=O)c3ccc(NC(=O)Nc4ccc5c(c4)C=C(S(=O)(=O)[O-])/C(=N\Nc4ccc(/C=C/C(=O)O)cc4)C5=O)cc3C=C2S(=O)(=O)[O-])cc1. The van der Waals surface area contributed by atoms with Crippen molar-refractivity contribution in [3.8, 4) is 0 Å². The van der Waals surface area contributed by atoms with Crippen molar-refractivity contribution in [1.29, 1.82) is 0 Å². The number of fused-ring (bicyclic) bond motifs is 2. The summed E-state index contributed by atoms with van der Waals surface area (Å²) in [5, 5.41) is 30.3. The number of urea groups is 1. The predicted molar refractivity (Wildman–Crippen MR) is 218 cm³/mol. The maximum Gasteiger partial charge on any atom is 0.328 e. The number of allylic oxidation sites excluding steroid dienone is 2. The minimum Gasteiger partial charge on any atom is -0.744 e. The molecule has 2 aliphatic rings. The molecule has 2 aliphatic carbocycles. The van der Waals surface area contributed by atoms with Gasteiger partial charge >= 0.3 is 18.0 Å². The third-order valence-electron chi connectivity index (χ3n) is 8.37. The van der Waals surface area contributed by atoms with Crippen LogP contribution in [0.3, 0.4) is 0 Å². The molecule has 4 aromatic rings. The van der Waals surface area contributed by atoms with Crippen LogP contribution >= 0.6 is 0 Å². The van der Waals surface area contributed by atoms with Crippen molar-refractivity contribution in [1.82, 2.24) is 0 Å². The molecule has 0 radical (unpaired) electrons. The summed E-state index contributed by atoms with van der Waals surface area (Å²) in [6, 6.07) is 18.7. The van der Waals surface area contributed by atoms with E-state index in [1.807, 2.05) is 0 Å². The van der Waals surface area contributed by atoms with Crippen LogP contribution in [0.15, 0.2) is 117 Å². The van der Waals surface area contributed by atoms with Crippen molar-refractivity contribution in [3.05, 3.63) is 140 Å². The molecule has 4 aromatic carbocycles. The zero-order valence-corrected chi connectivity index (χ0v) is 31.8. The number of anilines is 4. The first-order valence-electron chi connectivity index (χ1n) is 16.9. The smallest absolute Gasteiger partial charge is 0.328 e. The summed E-state index contributed by atoms with van der Waals surface area (Å²) in [5.41, 5.74) is 5.11. The fourth-order valence-electron chi connectivity index (χ4n) is 5.63. The summed E-state index contributed by atoms with van der Waals surface area (Å²) >= 11 is 0. The summed E-state index contributed by atoms with van der Waals surface area (Å²) in [6.07, 6.45) is 6.35. The minimum atomic E-state index is -5.26. The normalized spacial score (nSPS) is 15.3. The molecule has 21 heteroatoms. The van der Waals surface area contributed by atoms with E-state index in [1.54, 1.807) is 0 Å². The van der Waals surface area contributed by atoms with Crippen LogP contribution < -0.4 is 21.5 Å². The average Bonchev–Trinajstić information content (AvgIpc) is 3.18. The Bertz CT molecular complexity index is 2720. The number of hydrogen-bond donors (Lipinski definition) is 6. The highest BCUT2D eigenvalue weighted by Crippen LogP contribution is 2.30. The highest BCUT2D eigenvalue weighted by molar-refractivity contribution is 7.91. The number of carboxylic acids is 2. The number of carbonyl (C=O) groups excluding carboxylic acids is 3. The number of nitrogens with one attached hydrogen (secondary N) is 4. The molecule has 0 saturated carbocycles. The molecule has 0 heterocycles. The minimum absolute atomic E-state index is 0.0404. The number of aliphatic carboxylic acids is 2. The Morgan fingerprint density at radius 3 is 1.23 bits per heavy atom. The molecule has 0 fully saturated rings. The standard InChI is InChI=1S/C39H28N6O13S2/c46-33(47)15-5-21-1-7-25(8-2-21)42-44-35-31(59(53,54)55)19-23-17-27(11-13-29(23)37(35)50)40-39(52)41-28-12-14-30-24(18-28)20-32(60(56,57)58)36(38(30)51)45-43-26-9-3-22(4-10-26)6-16-34(48)49/h1-20,42-43H,(H,46,47)(H,48,49)(H2,40,41,52)(H,53,54,55)(H,56,57,58)/p-2/b15-5+,16-6+,44-35+,45-36+. The lowest BCUT2D eigenvalue weighted by molar-refractivity contribution is -0.132. The monoisotopic (exact) mass is 850 g/mol. The Morgan fingerprint density at radius 2 is 0.900 bits per heavy atom. The van der Waals surface area contributed by atoms with Gasteiger partial charge in [0, 0.05) is 34.7 Å². The Morgan fingerprint density at radius 1 is 0.550 bits per heavy atom. The van der Waals surface area contributed by atoms with Gasteiger partial charge in [0.2, 0.25) is 11.6 Å². The third-order valence-corrected chi connectivity index (χ3v) is 10.1. The number of hydrazone groups is 2. The first kappa shape index (κ1) is 41.8. The number of rotatable bonds is 12. The Labute approximate surface area is 339 Å². The van der Waals surface area contributed by atoms with E-state index in [0.29, 0.717) is 11.1 Å². The number of Topliss-reactive ketones (excluding diaryl/α,β-unsaturated/α-hetero) is 2. The predicted octanol–water partition coefficient (Wildman–Crippen LogP) is 4.63. The van der Waals surface area contributed by atoms with Crippen molar-refractivity contribution < 1.29 is 60.1 Å². The molecule has 2 amide bonds. The molecule has 0 aliphatic heterocycles. The van der Waals surface area contributed by atoms with E-state index in [9.17, 15) is 49.9 Å². The van der Waals surface area contributed by atoms with E-state index in [4.69, 9.17) is 10.2 Å². The lowest BCUT2D eigenvalue weighted by atomic mass is 9.94. The van der Waals surface area contributed by atoms with Crippen LogP contribution in [-0.2, 0) is 29.8 Å². The third kappa shape index (κ3) is 9.99. The molecule has 0 atom stereocenters. The first-order chi connectivity index (χ1) is 28.3. The van der Waals surface area contributed by atoms with Gasteiger partial charge in [-0.25, -0.2) is 31.2 Å². The molecular weight excluding hydrogens is 825 g/mol. The van der Waals surface area contributed by atoms with E-state index < -0.39 is 71.0 Å². The number of hydrogen-bond acceptors (Lipinski definition) is 15. The molecule has 0 spiro atoms. The molecule has 6 rings (SSSR count). The summed E-state index contributed by atoms with van der Waals surface area (Å²) in [4.78, 5) is 59.4. The fourth-order valence-corrected chi connectivity index (χ4v) is 6.92. The summed E-state index contributed by atoms with van der Waals surface area (Å²) in [7, 11) is -10.5. The van der Waals surface area contributed by atoms with Gasteiger partial charge in [0.1, 0.15) is 31.7 Å². The van der Waals surface area contributed by atoms with Gasteiger partial charge < -0.3 is 30.0 Å². The molecule has 0 bridgehead atoms. The molecule has 60 heavy (non-hydrogen) atoms. The van der Waals surface area contributed by atoms with E-state index >= 15 is 0 Å². The number of ketones is 2. The van der Waals surface area contributed by atoms with Gasteiger partial charge in [-0.15, -0.1) is 0 Å². The summed E-state index contributed by atoms with van der Waals surface area (Å²) in [6.45, 7) is 0. The Kier molecular flexibility index (Phi) is 11.8. The topological polar surface area (TPSA) is 313 Å². The second-order valence-electron chi connectivity index (χ2n) is 12.5. The van der Waals surface area contributed by atoms with Gasteiger partial charge in [0.05, 0.1) is 21.2 Å². The lowest BCUT2D eigenvalue weighted by Gasteiger charge is -2.21. The number of carboxylic acid groups (broad SMARTS) is 2. The largest absolute Gasteiger partial charge is 0.744 e. The summed E-state index contributed by atoms with van der Waals surface area (Å²) < 4.78 is 73.4. The van der Waals surface area contributed by atoms with Crippen molar-refractivity contribution in [2.45, 2.75) is 0 Å². The van der Waals surface area contributed by atoms with Crippen molar-refractivity contribution >= 4 is 108 Å². The molecule has 304 valence electrons. The number of amides is 2. The van der Waals surface area contributed by atoms with Crippen LogP contribution in [0.2, 0.25) is 0 Å². The van der Waals surface area contributed by atoms with Gasteiger partial charge in [-0.05, 0) is 107 Å². The molecule has 19 nitrogen and oxygen atoms in total. The van der Waals surface area contributed by atoms with Gasteiger partial charge in [-0.2, -0.15) is 10.2 Å². The van der Waals surface area contributed by atoms with Crippen LogP contribution in [0.25, 0.3) is 24.3 Å². The highest BCUT2D eigenvalue weighted by Gasteiger charge is 2.31. The molecular formula is C39H26N6O13S2-2. The van der Waals surface area contributed by atoms with E-state index in [1.165, 1.54) is 97.1 Å². The zero-order valence-electron chi connectivity index (χ0n) is 30.1. The van der Waals surface area contributed by atoms with E-state index in [2.05, 4.69) is 31.7 Å². The van der Waals surface area contributed by atoms with E-state index in [-0.39, 0.29) is 45.0 Å². The van der Waals surface area contributed by atoms with Crippen molar-refractivity contribution in [3.63, 3.8) is 0 Å². The Hall–Kier alpha value is -7.85. The number of benzene rings is 4. The second kappa shape index (κ2) is 16.9. The van der Waals surface area contributed by atoms with Crippen LogP contribution in [0.1, 0.15) is 43.0 Å². The van der Waals surface area contributed by atoms with Crippen molar-refractivity contribution in [2.24, 2.45) is 10.2 Å².